The van der Waals surface area contributed by atoms with Gasteiger partial charge in [0, 0.05) is 6.42 Å². The lowest BCUT2D eigenvalue weighted by molar-refractivity contribution is -0.174. The molecule has 9 heteroatoms. The Morgan fingerprint density at radius 3 is 2.74 bits per heavy atom. The van der Waals surface area contributed by atoms with E-state index in [9.17, 15) is 9.18 Å². The van der Waals surface area contributed by atoms with Crippen LogP contribution in [0.2, 0.25) is 0 Å². The number of hydrogen-bond acceptors (Lipinski definition) is 7. The van der Waals surface area contributed by atoms with Crippen LogP contribution in [-0.2, 0) is 14.3 Å². The Hall–Kier alpha value is -2.73. The molecule has 3 aliphatic carbocycles. The van der Waals surface area contributed by atoms with Crippen molar-refractivity contribution in [1.29, 1.82) is 0 Å². The van der Waals surface area contributed by atoms with Crippen molar-refractivity contribution in [2.45, 2.75) is 76.2 Å². The number of hydrogen-bond donors (Lipinski definition) is 1. The molecule has 31 heavy (non-hydrogen) atoms. The summed E-state index contributed by atoms with van der Waals surface area (Å²) in [6, 6.07) is 0. The van der Waals surface area contributed by atoms with Gasteiger partial charge in [-0.05, 0) is 50.9 Å². The van der Waals surface area contributed by atoms with Crippen molar-refractivity contribution < 1.29 is 18.7 Å². The molecule has 164 valence electrons. The van der Waals surface area contributed by atoms with Gasteiger partial charge in [0.1, 0.15) is 12.3 Å². The lowest BCUT2D eigenvalue weighted by Crippen LogP contribution is -2.46. The number of anilines is 1. The summed E-state index contributed by atoms with van der Waals surface area (Å²) in [5.41, 5.74) is 4.81. The smallest absolute Gasteiger partial charge is 0.312 e. The number of terminal acetylenes is 1. The SMILES string of the molecule is C#C[C@]1(CC)O[C@@H](n2cnc3c(N)nc(F)nc32)C[C@@H]1OC(=O)C12CCC(CC1)CC2. The summed E-state index contributed by atoms with van der Waals surface area (Å²) in [5.74, 6) is 3.26. The van der Waals surface area contributed by atoms with Gasteiger partial charge in [0.05, 0.1) is 11.7 Å². The number of nitrogens with two attached hydrogens (primary N) is 1. The Labute approximate surface area is 179 Å². The largest absolute Gasteiger partial charge is 0.458 e. The Morgan fingerprint density at radius 2 is 2.10 bits per heavy atom. The van der Waals surface area contributed by atoms with Gasteiger partial charge in [-0.2, -0.15) is 14.4 Å². The zero-order valence-corrected chi connectivity index (χ0v) is 17.5. The first-order valence-electron chi connectivity index (χ1n) is 10.9. The maximum atomic E-state index is 13.8. The third kappa shape index (κ3) is 3.07. The van der Waals surface area contributed by atoms with Crippen LogP contribution in [0.3, 0.4) is 0 Å². The highest BCUT2D eigenvalue weighted by atomic mass is 19.1. The molecule has 2 aromatic rings. The first kappa shape index (κ1) is 20.2. The van der Waals surface area contributed by atoms with Crippen molar-refractivity contribution in [3.8, 4) is 12.3 Å². The molecule has 2 N–H and O–H groups in total. The fourth-order valence-electron chi connectivity index (χ4n) is 5.53. The fraction of sp³-hybridized carbons (Fsp3) is 0.636. The lowest BCUT2D eigenvalue weighted by atomic mass is 9.61. The third-order valence-corrected chi connectivity index (χ3v) is 7.56. The number of imidazole rings is 1. The number of carbonyl (C=O) groups excluding carboxylic acids is 1. The Bertz CT molecular complexity index is 1060. The van der Waals surface area contributed by atoms with E-state index in [-0.39, 0.29) is 23.0 Å². The normalized spacial score (nSPS) is 34.7. The average Bonchev–Trinajstić information content (AvgIpc) is 3.37. The second-order valence-corrected chi connectivity index (χ2v) is 9.05. The minimum absolute atomic E-state index is 0.0482. The topological polar surface area (TPSA) is 105 Å². The number of nitrogens with zero attached hydrogens (tertiary/aromatic N) is 4. The first-order valence-corrected chi connectivity index (χ1v) is 10.9. The van der Waals surface area contributed by atoms with E-state index in [1.54, 1.807) is 4.57 Å². The van der Waals surface area contributed by atoms with Crippen molar-refractivity contribution in [2.75, 3.05) is 5.73 Å². The Balaban J connectivity index is 1.43. The van der Waals surface area contributed by atoms with Gasteiger partial charge in [-0.3, -0.25) is 9.36 Å². The van der Waals surface area contributed by atoms with Gasteiger partial charge in [0.15, 0.2) is 22.6 Å². The average molecular weight is 427 g/mol. The van der Waals surface area contributed by atoms with E-state index >= 15 is 0 Å². The molecule has 0 radical (unpaired) electrons. The van der Waals surface area contributed by atoms with Gasteiger partial charge in [-0.15, -0.1) is 6.42 Å². The molecule has 4 aliphatic rings. The molecule has 8 nitrogen and oxygen atoms in total. The molecular formula is C22H26FN5O3. The molecule has 3 atom stereocenters. The molecule has 2 aromatic heterocycles. The van der Waals surface area contributed by atoms with Crippen LogP contribution in [0.1, 0.15) is 64.5 Å². The second-order valence-electron chi connectivity index (χ2n) is 9.05. The molecule has 0 aromatic carbocycles. The predicted molar refractivity (Wildman–Crippen MR) is 110 cm³/mol. The number of rotatable bonds is 4. The molecule has 3 saturated carbocycles. The molecular weight excluding hydrogens is 401 g/mol. The highest BCUT2D eigenvalue weighted by Gasteiger charge is 2.53. The minimum atomic E-state index is -1.07. The van der Waals surface area contributed by atoms with Crippen LogP contribution in [0, 0.1) is 29.8 Å². The van der Waals surface area contributed by atoms with Crippen LogP contribution >= 0.6 is 0 Å². The van der Waals surface area contributed by atoms with Gasteiger partial charge in [0.25, 0.3) is 0 Å². The monoisotopic (exact) mass is 427 g/mol. The van der Waals surface area contributed by atoms with E-state index in [0.717, 1.165) is 44.4 Å². The maximum Gasteiger partial charge on any atom is 0.312 e. The summed E-state index contributed by atoms with van der Waals surface area (Å²) in [7, 11) is 0. The number of esters is 1. The number of fused-ring (bicyclic) bond motifs is 4. The van der Waals surface area contributed by atoms with Crippen molar-refractivity contribution in [2.24, 2.45) is 11.3 Å². The lowest BCUT2D eigenvalue weighted by Gasteiger charge is -2.45. The number of carbonyl (C=O) groups is 1. The summed E-state index contributed by atoms with van der Waals surface area (Å²) in [5, 5.41) is 0. The second kappa shape index (κ2) is 7.16. The van der Waals surface area contributed by atoms with Crippen LogP contribution in [0.4, 0.5) is 10.2 Å². The van der Waals surface area contributed by atoms with Crippen LogP contribution in [0.15, 0.2) is 6.33 Å². The summed E-state index contributed by atoms with van der Waals surface area (Å²) >= 11 is 0. The van der Waals surface area contributed by atoms with E-state index in [2.05, 4.69) is 20.9 Å². The summed E-state index contributed by atoms with van der Waals surface area (Å²) in [6.45, 7) is 1.90. The Kier molecular flexibility index (Phi) is 4.66. The van der Waals surface area contributed by atoms with Crippen molar-refractivity contribution in [3.63, 3.8) is 0 Å². The summed E-state index contributed by atoms with van der Waals surface area (Å²) in [4.78, 5) is 24.8. The number of ether oxygens (including phenoxy) is 2. The zero-order valence-electron chi connectivity index (χ0n) is 17.5. The third-order valence-electron chi connectivity index (χ3n) is 7.56. The molecule has 0 spiro atoms. The Morgan fingerprint density at radius 1 is 1.39 bits per heavy atom. The molecule has 1 aliphatic heterocycles. The van der Waals surface area contributed by atoms with Crippen molar-refractivity contribution in [3.05, 3.63) is 12.4 Å². The van der Waals surface area contributed by atoms with E-state index in [4.69, 9.17) is 21.6 Å². The number of nitrogen functional groups attached to an aromatic ring is 1. The molecule has 4 fully saturated rings. The van der Waals surface area contributed by atoms with Crippen LogP contribution in [0.5, 0.6) is 0 Å². The standard InChI is InChI=1S/C22H26FN5O3/c1-3-22(4-2)14(30-19(29)21-8-5-13(6-9-21)7-10-21)11-15(31-22)28-12-25-16-17(24)26-20(23)27-18(16)28/h1,12-15H,4-11H2,2H3,(H2,24,26,27)/t13?,14-,15+,21?,22+/m0/s1. The van der Waals surface area contributed by atoms with Crippen LogP contribution in [-0.4, -0.2) is 37.2 Å². The van der Waals surface area contributed by atoms with E-state index < -0.39 is 29.4 Å². The highest BCUT2D eigenvalue weighted by molar-refractivity contribution is 5.81. The predicted octanol–water partition coefficient (Wildman–Crippen LogP) is 3.13. The quantitative estimate of drug-likeness (QED) is 0.454. The summed E-state index contributed by atoms with van der Waals surface area (Å²) < 4.78 is 27.7. The summed E-state index contributed by atoms with van der Waals surface area (Å²) in [6.07, 6.45) is 11.8. The van der Waals surface area contributed by atoms with Gasteiger partial charge in [-0.1, -0.05) is 12.8 Å². The fourth-order valence-corrected chi connectivity index (χ4v) is 5.53. The van der Waals surface area contributed by atoms with Crippen molar-refractivity contribution >= 4 is 23.0 Å². The molecule has 3 heterocycles. The van der Waals surface area contributed by atoms with Crippen LogP contribution < -0.4 is 5.73 Å². The highest BCUT2D eigenvalue weighted by Crippen LogP contribution is 2.52. The zero-order chi connectivity index (χ0) is 21.8. The van der Waals surface area contributed by atoms with Crippen molar-refractivity contribution in [1.82, 2.24) is 19.5 Å². The molecule has 0 amide bonds. The molecule has 0 unspecified atom stereocenters. The van der Waals surface area contributed by atoms with Gasteiger partial charge in [-0.25, -0.2) is 4.98 Å². The number of halogens is 1. The molecule has 1 saturated heterocycles. The van der Waals surface area contributed by atoms with Gasteiger partial charge in [0.2, 0.25) is 0 Å². The first-order chi connectivity index (χ1) is 14.9. The van der Waals surface area contributed by atoms with E-state index in [0.29, 0.717) is 12.8 Å². The minimum Gasteiger partial charge on any atom is -0.458 e. The van der Waals surface area contributed by atoms with E-state index in [1.807, 2.05) is 6.92 Å². The van der Waals surface area contributed by atoms with Gasteiger partial charge >= 0.3 is 12.0 Å². The maximum absolute atomic E-state index is 13.8. The molecule has 6 rings (SSSR count). The molecule has 2 bridgehead atoms. The van der Waals surface area contributed by atoms with Crippen LogP contribution in [0.25, 0.3) is 11.2 Å². The number of aromatic nitrogens is 4. The van der Waals surface area contributed by atoms with E-state index in [1.165, 1.54) is 6.33 Å². The van der Waals surface area contributed by atoms with Gasteiger partial charge < -0.3 is 15.2 Å².